The first kappa shape index (κ1) is 16.0. The van der Waals surface area contributed by atoms with Crippen LogP contribution in [0.2, 0.25) is 4.34 Å². The predicted octanol–water partition coefficient (Wildman–Crippen LogP) is 4.80. The summed E-state index contributed by atoms with van der Waals surface area (Å²) in [7, 11) is 0. The molecule has 1 aromatic heterocycles. The van der Waals surface area contributed by atoms with E-state index in [1.807, 2.05) is 30.3 Å². The van der Waals surface area contributed by atoms with Gasteiger partial charge in [-0.15, -0.1) is 11.3 Å². The third-order valence-electron chi connectivity index (χ3n) is 3.94. The van der Waals surface area contributed by atoms with E-state index >= 15 is 0 Å². The van der Waals surface area contributed by atoms with E-state index in [4.69, 9.17) is 11.6 Å². The molecule has 22 heavy (non-hydrogen) atoms. The summed E-state index contributed by atoms with van der Waals surface area (Å²) < 4.78 is 1.71. The van der Waals surface area contributed by atoms with Crippen LogP contribution in [0.5, 0.6) is 0 Å². The van der Waals surface area contributed by atoms with Crippen LogP contribution in [0.3, 0.4) is 0 Å². The van der Waals surface area contributed by atoms with E-state index in [2.05, 4.69) is 26.9 Å². The second kappa shape index (κ2) is 6.71. The average Bonchev–Trinajstić information content (AvgIpc) is 3.09. The molecule has 0 radical (unpaired) electrons. The molecule has 1 aliphatic heterocycles. The maximum Gasteiger partial charge on any atom is 0.320 e. The molecular formula is C16H15BrClNO2S. The Labute approximate surface area is 146 Å². The fourth-order valence-electron chi connectivity index (χ4n) is 3.03. The van der Waals surface area contributed by atoms with Crippen molar-refractivity contribution in [1.82, 2.24) is 4.90 Å². The molecule has 2 atom stereocenters. The molecule has 2 unspecified atom stereocenters. The van der Waals surface area contributed by atoms with E-state index in [1.165, 1.54) is 11.3 Å². The Morgan fingerprint density at radius 3 is 2.86 bits per heavy atom. The highest BCUT2D eigenvalue weighted by atomic mass is 79.9. The number of carboxylic acid groups (broad SMARTS) is 1. The summed E-state index contributed by atoms with van der Waals surface area (Å²) >= 11 is 11.1. The third kappa shape index (κ3) is 3.23. The normalized spacial score (nSPS) is 20.2. The number of carbonyl (C=O) groups is 1. The zero-order chi connectivity index (χ0) is 15.7. The van der Waals surface area contributed by atoms with Gasteiger partial charge in [0, 0.05) is 15.9 Å². The van der Waals surface area contributed by atoms with Crippen LogP contribution in [-0.4, -0.2) is 28.6 Å². The topological polar surface area (TPSA) is 40.5 Å². The standard InChI is InChI=1S/C16H15BrClNO2S/c17-11-4-1-3-10(9-11)15(13-6-7-14(18)22-13)19-8-2-5-12(19)16(20)21/h1,3-4,6-7,9,12,15H,2,5,8H2,(H,20,21). The summed E-state index contributed by atoms with van der Waals surface area (Å²) in [6, 6.07) is 11.4. The smallest absolute Gasteiger partial charge is 0.320 e. The Kier molecular flexibility index (Phi) is 4.88. The van der Waals surface area contributed by atoms with Crippen molar-refractivity contribution >= 4 is 44.8 Å². The Hall–Kier alpha value is -0.880. The molecule has 1 aliphatic rings. The minimum Gasteiger partial charge on any atom is -0.480 e. The lowest BCUT2D eigenvalue weighted by Crippen LogP contribution is -2.39. The highest BCUT2D eigenvalue weighted by Gasteiger charge is 2.37. The summed E-state index contributed by atoms with van der Waals surface area (Å²) in [6.45, 7) is 0.781. The minimum absolute atomic E-state index is 0.0707. The molecule has 3 nitrogen and oxygen atoms in total. The van der Waals surface area contributed by atoms with Crippen LogP contribution in [0.1, 0.15) is 29.3 Å². The van der Waals surface area contributed by atoms with E-state index < -0.39 is 12.0 Å². The van der Waals surface area contributed by atoms with Gasteiger partial charge in [-0.1, -0.05) is 39.7 Å². The zero-order valence-corrected chi connectivity index (χ0v) is 14.9. The van der Waals surface area contributed by atoms with Gasteiger partial charge < -0.3 is 5.11 Å². The number of benzene rings is 1. The SMILES string of the molecule is O=C(O)C1CCCN1C(c1cccc(Br)c1)c1ccc(Cl)s1. The Bertz CT molecular complexity index is 690. The molecule has 0 saturated carbocycles. The second-order valence-electron chi connectivity index (χ2n) is 5.33. The van der Waals surface area contributed by atoms with Crippen molar-refractivity contribution in [2.75, 3.05) is 6.54 Å². The third-order valence-corrected chi connectivity index (χ3v) is 5.72. The van der Waals surface area contributed by atoms with Gasteiger partial charge in [0.05, 0.1) is 10.4 Å². The van der Waals surface area contributed by atoms with Crippen LogP contribution in [0.15, 0.2) is 40.9 Å². The lowest BCUT2D eigenvalue weighted by atomic mass is 10.0. The molecular weight excluding hydrogens is 386 g/mol. The Morgan fingerprint density at radius 1 is 1.41 bits per heavy atom. The molecule has 0 amide bonds. The maximum atomic E-state index is 11.6. The first-order valence-corrected chi connectivity index (χ1v) is 9.04. The van der Waals surface area contributed by atoms with E-state index in [1.54, 1.807) is 0 Å². The van der Waals surface area contributed by atoms with Crippen molar-refractivity contribution in [3.05, 3.63) is 55.6 Å². The van der Waals surface area contributed by atoms with Crippen molar-refractivity contribution in [3.8, 4) is 0 Å². The van der Waals surface area contributed by atoms with Gasteiger partial charge >= 0.3 is 5.97 Å². The van der Waals surface area contributed by atoms with Crippen LogP contribution in [0.4, 0.5) is 0 Å². The number of likely N-dealkylation sites (tertiary alicyclic amines) is 1. The number of halogens is 2. The number of hydrogen-bond donors (Lipinski definition) is 1. The highest BCUT2D eigenvalue weighted by molar-refractivity contribution is 9.10. The Morgan fingerprint density at radius 2 is 2.23 bits per heavy atom. The first-order valence-electron chi connectivity index (χ1n) is 7.05. The fraction of sp³-hybridized carbons (Fsp3) is 0.312. The average molecular weight is 401 g/mol. The van der Waals surface area contributed by atoms with E-state index in [0.717, 1.165) is 32.2 Å². The molecule has 2 heterocycles. The summed E-state index contributed by atoms with van der Waals surface area (Å²) in [5.41, 5.74) is 1.08. The van der Waals surface area contributed by atoms with Gasteiger partial charge in [0.25, 0.3) is 0 Å². The van der Waals surface area contributed by atoms with Crippen LogP contribution in [-0.2, 0) is 4.79 Å². The molecule has 6 heteroatoms. The number of hydrogen-bond acceptors (Lipinski definition) is 3. The number of nitrogens with zero attached hydrogens (tertiary/aromatic N) is 1. The first-order chi connectivity index (χ1) is 10.6. The molecule has 2 aromatic rings. The van der Waals surface area contributed by atoms with Crippen LogP contribution in [0, 0.1) is 0 Å². The summed E-state index contributed by atoms with van der Waals surface area (Å²) in [5, 5.41) is 9.51. The maximum absolute atomic E-state index is 11.6. The molecule has 3 rings (SSSR count). The molecule has 1 fully saturated rings. The molecule has 1 aromatic carbocycles. The summed E-state index contributed by atoms with van der Waals surface area (Å²) in [4.78, 5) is 14.7. The monoisotopic (exact) mass is 399 g/mol. The van der Waals surface area contributed by atoms with Crippen LogP contribution in [0.25, 0.3) is 0 Å². The lowest BCUT2D eigenvalue weighted by molar-refractivity contribution is -0.142. The summed E-state index contributed by atoms with van der Waals surface area (Å²) in [6.07, 6.45) is 1.60. The lowest BCUT2D eigenvalue weighted by Gasteiger charge is -2.31. The molecule has 1 saturated heterocycles. The van der Waals surface area contributed by atoms with Gasteiger partial charge in [-0.3, -0.25) is 9.69 Å². The number of thiophene rings is 1. The van der Waals surface area contributed by atoms with E-state index in [9.17, 15) is 9.90 Å². The van der Waals surface area contributed by atoms with Crippen LogP contribution >= 0.6 is 38.9 Å². The molecule has 116 valence electrons. The van der Waals surface area contributed by atoms with Crippen molar-refractivity contribution < 1.29 is 9.90 Å². The van der Waals surface area contributed by atoms with Gasteiger partial charge in [0.2, 0.25) is 0 Å². The molecule has 0 spiro atoms. The van der Waals surface area contributed by atoms with Crippen molar-refractivity contribution in [2.24, 2.45) is 0 Å². The van der Waals surface area contributed by atoms with Crippen molar-refractivity contribution in [2.45, 2.75) is 24.9 Å². The Balaban J connectivity index is 2.05. The van der Waals surface area contributed by atoms with Crippen LogP contribution < -0.4 is 0 Å². The van der Waals surface area contributed by atoms with Gasteiger partial charge in [-0.05, 0) is 42.7 Å². The second-order valence-corrected chi connectivity index (χ2v) is 8.00. The minimum atomic E-state index is -0.750. The van der Waals surface area contributed by atoms with E-state index in [-0.39, 0.29) is 6.04 Å². The molecule has 0 bridgehead atoms. The highest BCUT2D eigenvalue weighted by Crippen LogP contribution is 2.39. The molecule has 0 aliphatic carbocycles. The van der Waals surface area contributed by atoms with Gasteiger partial charge in [0.15, 0.2) is 0 Å². The number of carboxylic acids is 1. The van der Waals surface area contributed by atoms with Crippen molar-refractivity contribution in [1.29, 1.82) is 0 Å². The molecule has 1 N–H and O–H groups in total. The predicted molar refractivity (Wildman–Crippen MR) is 92.7 cm³/mol. The van der Waals surface area contributed by atoms with Crippen molar-refractivity contribution in [3.63, 3.8) is 0 Å². The van der Waals surface area contributed by atoms with Gasteiger partial charge in [0.1, 0.15) is 6.04 Å². The largest absolute Gasteiger partial charge is 0.480 e. The van der Waals surface area contributed by atoms with Gasteiger partial charge in [-0.2, -0.15) is 0 Å². The zero-order valence-electron chi connectivity index (χ0n) is 11.7. The quantitative estimate of drug-likeness (QED) is 0.801. The number of aliphatic carboxylic acids is 1. The summed E-state index contributed by atoms with van der Waals surface area (Å²) in [5.74, 6) is -0.750. The number of rotatable bonds is 4. The van der Waals surface area contributed by atoms with E-state index in [0.29, 0.717) is 6.42 Å². The fourth-order valence-corrected chi connectivity index (χ4v) is 4.66. The van der Waals surface area contributed by atoms with Gasteiger partial charge in [-0.25, -0.2) is 0 Å².